The van der Waals surface area contributed by atoms with Gasteiger partial charge in [0.25, 0.3) is 23.6 Å². The molecule has 3 aromatic heterocycles. The number of carbonyl (C=O) groups is 6. The largest absolute Gasteiger partial charge is 0.383 e. The first-order valence-electron chi connectivity index (χ1n) is 30.9. The first-order chi connectivity index (χ1) is 44.1. The predicted octanol–water partition coefficient (Wildman–Crippen LogP) is 6.58. The number of methoxy groups -OCH3 is 3. The van der Waals surface area contributed by atoms with Gasteiger partial charge in [0.15, 0.2) is 0 Å². The maximum atomic E-state index is 12.2. The fourth-order valence-electron chi connectivity index (χ4n) is 14.7. The lowest BCUT2D eigenvalue weighted by molar-refractivity contribution is -0.132. The quantitative estimate of drug-likeness (QED) is 0.0415. The maximum Gasteiger partial charge on any atom is 0.298 e. The average Bonchev–Trinajstić information content (AvgIpc) is 1.54. The molecule has 24 nitrogen and oxygen atoms in total. The Balaban J connectivity index is 0.000000151. The Kier molecular flexibility index (Phi) is 19.3. The fourth-order valence-corrected chi connectivity index (χ4v) is 14.7. The predicted molar refractivity (Wildman–Crippen MR) is 348 cm³/mol. The first-order valence-corrected chi connectivity index (χ1v) is 30.9. The van der Waals surface area contributed by atoms with Crippen LogP contribution in [0, 0.1) is 28.1 Å². The summed E-state index contributed by atoms with van der Waals surface area (Å²) in [6.45, 7) is 14.8. The highest BCUT2D eigenvalue weighted by Crippen LogP contribution is 2.57. The van der Waals surface area contributed by atoms with E-state index >= 15 is 0 Å². The first kappa shape index (κ1) is 65.4. The molecule has 6 heterocycles. The maximum absolute atomic E-state index is 12.2. The Bertz CT molecular complexity index is 3860. The van der Waals surface area contributed by atoms with E-state index in [4.69, 9.17) is 58.8 Å². The van der Waals surface area contributed by atoms with Crippen molar-refractivity contribution in [2.45, 2.75) is 109 Å². The number of carbonyl (C=O) groups excluding carboxylic acids is 6. The molecular weight excluding hydrogens is 1170 g/mol. The van der Waals surface area contributed by atoms with Crippen molar-refractivity contribution >= 4 is 52.9 Å². The monoisotopic (exact) mass is 1250 g/mol. The highest BCUT2D eigenvalue weighted by Gasteiger charge is 2.53. The number of ether oxygens (including phenoxy) is 3. The summed E-state index contributed by atoms with van der Waals surface area (Å²) in [5, 5.41) is 14.1. The number of nitrogens with two attached hydrogens (primary N) is 6. The molecule has 3 aromatic carbocycles. The third kappa shape index (κ3) is 13.2. The van der Waals surface area contributed by atoms with Crippen LogP contribution in [0.4, 0.5) is 17.5 Å². The highest BCUT2D eigenvalue weighted by atomic mass is 16.5. The molecule has 6 aromatic rings. The highest BCUT2D eigenvalue weighted by molar-refractivity contribution is 6.05. The Morgan fingerprint density at radius 3 is 1.11 bits per heavy atom. The van der Waals surface area contributed by atoms with E-state index < -0.39 is 17.7 Å². The molecule has 6 fully saturated rings. The molecule has 24 heteroatoms. The standard InChI is InChI=1S/C23H29N5O3.C23H27N5O3.C22H27N5O3/c1-3-18(29)27-10-4-9-23(14-27)11-17(12-23)28-21(24)19(22(25)30)20(26-28)16-7-5-15(6-8-16)13-31-2;1-3-4-18(29)27-10-9-23(14-27)11-17(12-23)28-21(24)19(22(25)30)20(26-28)16-7-5-15(6-8-16)13-31-2;1-3-17(28)26-9-8-22(13-26)10-16(11-22)27-20(23)18(21(24)29)19(25-27)15-6-4-14(5-7-15)12-30-2/h3,5-8,17H,1,4,9-14,24H2,2H3,(H2,25,30);5-8,17H,9-14,24H2,1-2H3,(H2,25,30);3-7,16H,1,8-13,23H2,2H3,(H2,24,29). The number of aromatic nitrogens is 6. The number of benzene rings is 3. The van der Waals surface area contributed by atoms with Crippen LogP contribution >= 0.6 is 0 Å². The van der Waals surface area contributed by atoms with Gasteiger partial charge in [0.05, 0.1) is 37.9 Å². The van der Waals surface area contributed by atoms with Crippen molar-refractivity contribution in [1.82, 2.24) is 44.0 Å². The summed E-state index contributed by atoms with van der Waals surface area (Å²) >= 11 is 0. The van der Waals surface area contributed by atoms with Crippen LogP contribution in [0.5, 0.6) is 0 Å². The van der Waals surface area contributed by atoms with E-state index in [1.54, 1.807) is 42.3 Å². The van der Waals surface area contributed by atoms with Gasteiger partial charge in [-0.25, -0.2) is 14.0 Å². The smallest absolute Gasteiger partial charge is 0.298 e. The van der Waals surface area contributed by atoms with Crippen molar-refractivity contribution in [1.29, 1.82) is 0 Å². The van der Waals surface area contributed by atoms with Crippen molar-refractivity contribution in [3.63, 3.8) is 0 Å². The van der Waals surface area contributed by atoms with Crippen LogP contribution in [0.15, 0.2) is 98.1 Å². The molecule has 0 bridgehead atoms. The molecule has 12 rings (SSSR count). The lowest BCUT2D eigenvalue weighted by Gasteiger charge is -2.52. The van der Waals surface area contributed by atoms with E-state index in [0.717, 1.165) is 130 Å². The van der Waals surface area contributed by atoms with Gasteiger partial charge in [-0.2, -0.15) is 15.3 Å². The summed E-state index contributed by atoms with van der Waals surface area (Å²) in [6.07, 6.45) is 11.9. The number of piperidine rings is 1. The zero-order valence-corrected chi connectivity index (χ0v) is 52.8. The Hall–Kier alpha value is -9.57. The molecule has 484 valence electrons. The molecule has 0 unspecified atom stereocenters. The molecule has 3 aliphatic heterocycles. The van der Waals surface area contributed by atoms with Crippen LogP contribution in [0.25, 0.3) is 33.8 Å². The van der Waals surface area contributed by atoms with Gasteiger partial charge in [0.2, 0.25) is 11.8 Å². The van der Waals surface area contributed by atoms with Gasteiger partial charge >= 0.3 is 0 Å². The van der Waals surface area contributed by atoms with Crippen LogP contribution < -0.4 is 34.4 Å². The minimum atomic E-state index is -0.593. The number of anilines is 3. The van der Waals surface area contributed by atoms with Crippen LogP contribution in [-0.4, -0.2) is 140 Å². The van der Waals surface area contributed by atoms with Crippen LogP contribution in [0.2, 0.25) is 0 Å². The van der Waals surface area contributed by atoms with Gasteiger partial charge in [-0.05, 0) is 122 Å². The summed E-state index contributed by atoms with van der Waals surface area (Å²) < 4.78 is 20.7. The SMILES string of the molecule is C=CC(=O)N1CCC2(CC(n3nc(-c4ccc(COC)cc4)c(C(N)=O)c3N)C2)C1.C=CC(=O)N1CCCC2(CC(n3nc(-c4ccc(COC)cc4)c(C(N)=O)c3N)C2)C1.CC#CC(=O)N1CCC2(CC(n3nc(-c4ccc(COC)cc4)c(C(N)=O)c3N)C2)C1. The van der Waals surface area contributed by atoms with E-state index in [1.807, 2.05) is 87.5 Å². The summed E-state index contributed by atoms with van der Waals surface area (Å²) in [4.78, 5) is 78.1. The molecule has 92 heavy (non-hydrogen) atoms. The van der Waals surface area contributed by atoms with Crippen LogP contribution in [0.1, 0.15) is 137 Å². The number of nitrogen functional groups attached to an aromatic ring is 3. The second-order valence-electron chi connectivity index (χ2n) is 25.5. The summed E-state index contributed by atoms with van der Waals surface area (Å²) in [5.74, 6) is 4.27. The van der Waals surface area contributed by atoms with Crippen molar-refractivity contribution in [3.8, 4) is 45.6 Å². The molecule has 3 spiro atoms. The Morgan fingerprint density at radius 1 is 0.500 bits per heavy atom. The van der Waals surface area contributed by atoms with Crippen LogP contribution in [0.3, 0.4) is 0 Å². The molecule has 6 amide bonds. The average molecular weight is 1250 g/mol. The molecule has 0 radical (unpaired) electrons. The van der Waals surface area contributed by atoms with Crippen molar-refractivity contribution in [2.24, 2.45) is 33.4 Å². The minimum absolute atomic E-state index is 0.0173. The van der Waals surface area contributed by atoms with Gasteiger partial charge in [0.1, 0.15) is 51.2 Å². The number of nitrogens with zero attached hydrogens (tertiary/aromatic N) is 9. The molecule has 0 atom stereocenters. The van der Waals surface area contributed by atoms with E-state index in [1.165, 1.54) is 12.2 Å². The number of primary amides is 3. The van der Waals surface area contributed by atoms with E-state index in [9.17, 15) is 28.8 Å². The number of hydrogen-bond donors (Lipinski definition) is 6. The third-order valence-electron chi connectivity index (χ3n) is 19.3. The molecule has 3 saturated carbocycles. The second-order valence-corrected chi connectivity index (χ2v) is 25.5. The lowest BCUT2D eigenvalue weighted by Crippen LogP contribution is -2.52. The summed E-state index contributed by atoms with van der Waals surface area (Å²) in [6, 6.07) is 23.2. The van der Waals surface area contributed by atoms with Crippen molar-refractivity contribution < 1.29 is 43.0 Å². The van der Waals surface area contributed by atoms with E-state index in [0.29, 0.717) is 60.9 Å². The zero-order chi connectivity index (χ0) is 65.8. The van der Waals surface area contributed by atoms with Gasteiger partial charge in [-0.15, -0.1) is 0 Å². The Morgan fingerprint density at radius 2 is 0.804 bits per heavy atom. The molecule has 12 N–H and O–H groups in total. The third-order valence-corrected chi connectivity index (χ3v) is 19.3. The number of amides is 6. The van der Waals surface area contributed by atoms with Gasteiger partial charge < -0.3 is 63.3 Å². The lowest BCUT2D eigenvalue weighted by atomic mass is 9.61. The Labute approximate surface area is 535 Å². The fraction of sp³-hybridized carbons (Fsp3) is 0.426. The van der Waals surface area contributed by atoms with Crippen molar-refractivity contribution in [3.05, 3.63) is 131 Å². The number of hydrogen-bond acceptors (Lipinski definition) is 15. The van der Waals surface area contributed by atoms with E-state index in [-0.39, 0.29) is 68.8 Å². The normalized spacial score (nSPS) is 22.6. The van der Waals surface area contributed by atoms with Crippen molar-refractivity contribution in [2.75, 3.05) is 77.8 Å². The zero-order valence-electron chi connectivity index (χ0n) is 52.8. The van der Waals surface area contributed by atoms with Crippen LogP contribution in [-0.2, 0) is 48.4 Å². The van der Waals surface area contributed by atoms with Gasteiger partial charge in [-0.1, -0.05) is 91.9 Å². The molecular formula is C68H83N15O9. The minimum Gasteiger partial charge on any atom is -0.383 e. The van der Waals surface area contributed by atoms with E-state index in [2.05, 4.69) is 30.1 Å². The molecule has 3 saturated heterocycles. The summed E-state index contributed by atoms with van der Waals surface area (Å²) in [5.41, 5.74) is 43.9. The summed E-state index contributed by atoms with van der Waals surface area (Å²) in [7, 11) is 4.93. The van der Waals surface area contributed by atoms with Gasteiger partial charge in [0, 0.05) is 77.3 Å². The number of rotatable bonds is 17. The molecule has 6 aliphatic rings. The topological polar surface area (TPSA) is 349 Å². The molecule has 3 aliphatic carbocycles. The van der Waals surface area contributed by atoms with Gasteiger partial charge in [-0.3, -0.25) is 28.8 Å². The number of likely N-dealkylation sites (tertiary alicyclic amines) is 3. The second kappa shape index (κ2) is 27.1.